The minimum absolute atomic E-state index is 0.194. The van der Waals surface area contributed by atoms with E-state index in [2.05, 4.69) is 17.9 Å². The van der Waals surface area contributed by atoms with E-state index in [0.717, 1.165) is 6.92 Å². The predicted octanol–water partition coefficient (Wildman–Crippen LogP) is 4.70. The van der Waals surface area contributed by atoms with Crippen molar-refractivity contribution >= 4 is 22.0 Å². The summed E-state index contributed by atoms with van der Waals surface area (Å²) in [5.74, 6) is -16.1. The molecule has 7 nitrogen and oxygen atoms in total. The number of carbonyl (C=O) groups is 2. The lowest BCUT2D eigenvalue weighted by atomic mass is 10.1. The SMILES string of the molecule is C=C(C)C(=O)OC(C)(C)C.C=C(C)C(=O)OCCN(C)S(=O)(=O)C(F)(F)C(F)(F)C(F)(F)C(F)(F)F. The van der Waals surface area contributed by atoms with Crippen molar-refractivity contribution in [2.75, 3.05) is 20.2 Å². The molecule has 0 bridgehead atoms. The Balaban J connectivity index is 0. The standard InChI is InChI=1S/C11H12F9NO4S.C8H14O2/c1-6(2)7(22)25-5-4-21(3)26(23,24)11(19,20)9(14,15)8(12,13)10(16,17)18;1-6(2)7(9)10-8(3,4)5/h1,4-5H2,2-3H3;1H2,2-5H3. The molecule has 0 fully saturated rings. The number of carbonyl (C=O) groups excluding carboxylic acids is 2. The number of likely N-dealkylation sites (N-methyl/N-ethyl adjacent to an activating group) is 1. The second-order valence-electron chi connectivity index (χ2n) is 8.19. The molecule has 0 N–H and O–H groups in total. The highest BCUT2D eigenvalue weighted by Gasteiger charge is 2.85. The lowest BCUT2D eigenvalue weighted by Gasteiger charge is -2.34. The summed E-state index contributed by atoms with van der Waals surface area (Å²) in [5.41, 5.74) is -0.164. The number of hydrogen-bond acceptors (Lipinski definition) is 6. The van der Waals surface area contributed by atoms with E-state index in [4.69, 9.17) is 4.74 Å². The van der Waals surface area contributed by atoms with E-state index in [0.29, 0.717) is 5.57 Å². The average molecular weight is 567 g/mol. The first-order valence-electron chi connectivity index (χ1n) is 9.45. The number of sulfonamides is 1. The van der Waals surface area contributed by atoms with Gasteiger partial charge in [0.1, 0.15) is 12.2 Å². The van der Waals surface area contributed by atoms with Crippen LogP contribution in [-0.2, 0) is 29.1 Å². The zero-order chi connectivity index (χ0) is 29.7. The van der Waals surface area contributed by atoms with Gasteiger partial charge in [-0.25, -0.2) is 18.0 Å². The Kier molecular flexibility index (Phi) is 11.8. The van der Waals surface area contributed by atoms with E-state index in [1.807, 2.05) is 20.8 Å². The van der Waals surface area contributed by atoms with Crippen LogP contribution < -0.4 is 0 Å². The molecule has 0 heterocycles. The van der Waals surface area contributed by atoms with Gasteiger partial charge in [-0.2, -0.15) is 43.8 Å². The van der Waals surface area contributed by atoms with Crippen molar-refractivity contribution in [3.63, 3.8) is 0 Å². The summed E-state index contributed by atoms with van der Waals surface area (Å²) in [6.45, 7) is 12.6. The molecule has 36 heavy (non-hydrogen) atoms. The molecule has 0 amide bonds. The molecule has 0 spiro atoms. The van der Waals surface area contributed by atoms with Gasteiger partial charge < -0.3 is 9.47 Å². The molecule has 0 atom stereocenters. The fraction of sp³-hybridized carbons (Fsp3) is 0.684. The number of ether oxygens (including phenoxy) is 2. The summed E-state index contributed by atoms with van der Waals surface area (Å²) in [7, 11) is -6.51. The fourth-order valence-corrected chi connectivity index (χ4v) is 2.75. The molecule has 0 aromatic rings. The van der Waals surface area contributed by atoms with E-state index < -0.39 is 62.3 Å². The third kappa shape index (κ3) is 8.67. The Labute approximate surface area is 201 Å². The first kappa shape index (κ1) is 35.9. The van der Waals surface area contributed by atoms with Crippen LogP contribution in [0.2, 0.25) is 0 Å². The molecule has 0 radical (unpaired) electrons. The van der Waals surface area contributed by atoms with Gasteiger partial charge in [-0.15, -0.1) is 0 Å². The summed E-state index contributed by atoms with van der Waals surface area (Å²) in [6.07, 6.45) is -7.15. The molecule has 0 unspecified atom stereocenters. The van der Waals surface area contributed by atoms with Crippen LogP contribution in [0.15, 0.2) is 24.3 Å². The second kappa shape index (κ2) is 11.8. The number of alkyl halides is 9. The molecule has 0 aromatic heterocycles. The van der Waals surface area contributed by atoms with E-state index in [-0.39, 0.29) is 18.6 Å². The minimum atomic E-state index is -7.34. The van der Waals surface area contributed by atoms with Crippen molar-refractivity contribution < 1.29 is 67.0 Å². The molecule has 0 aliphatic rings. The van der Waals surface area contributed by atoms with Gasteiger partial charge in [0, 0.05) is 24.7 Å². The number of halogens is 9. The van der Waals surface area contributed by atoms with Crippen molar-refractivity contribution in [3.05, 3.63) is 24.3 Å². The maximum atomic E-state index is 13.5. The monoisotopic (exact) mass is 567 g/mol. The van der Waals surface area contributed by atoms with E-state index >= 15 is 0 Å². The van der Waals surface area contributed by atoms with Gasteiger partial charge in [0.15, 0.2) is 0 Å². The summed E-state index contributed by atoms with van der Waals surface area (Å²) < 4.78 is 146. The van der Waals surface area contributed by atoms with Crippen LogP contribution in [0.1, 0.15) is 34.6 Å². The molecule has 212 valence electrons. The van der Waals surface area contributed by atoms with Crippen LogP contribution in [0.5, 0.6) is 0 Å². The fourth-order valence-electron chi connectivity index (χ4n) is 1.59. The third-order valence-electron chi connectivity index (χ3n) is 3.59. The van der Waals surface area contributed by atoms with Crippen molar-refractivity contribution in [3.8, 4) is 0 Å². The number of nitrogens with zero attached hydrogens (tertiary/aromatic N) is 1. The van der Waals surface area contributed by atoms with E-state index in [9.17, 15) is 57.5 Å². The predicted molar refractivity (Wildman–Crippen MR) is 109 cm³/mol. The number of rotatable bonds is 9. The Morgan fingerprint density at radius 2 is 1.19 bits per heavy atom. The summed E-state index contributed by atoms with van der Waals surface area (Å²) >= 11 is 0. The highest BCUT2D eigenvalue weighted by atomic mass is 32.2. The molecule has 0 saturated heterocycles. The first-order valence-corrected chi connectivity index (χ1v) is 10.9. The molecule has 0 saturated carbocycles. The summed E-state index contributed by atoms with van der Waals surface area (Å²) in [5, 5.41) is -6.83. The zero-order valence-electron chi connectivity index (χ0n) is 20.0. The van der Waals surface area contributed by atoms with Crippen LogP contribution in [0.25, 0.3) is 0 Å². The normalized spacial score (nSPS) is 13.4. The molecular weight excluding hydrogens is 541 g/mol. The van der Waals surface area contributed by atoms with Crippen LogP contribution in [0.3, 0.4) is 0 Å². The maximum Gasteiger partial charge on any atom is 0.460 e. The summed E-state index contributed by atoms with van der Waals surface area (Å²) in [6, 6.07) is 0. The Bertz CT molecular complexity index is 938. The van der Waals surface area contributed by atoms with Crippen molar-refractivity contribution in [2.45, 2.75) is 63.5 Å². The third-order valence-corrected chi connectivity index (χ3v) is 5.49. The maximum absolute atomic E-state index is 13.5. The van der Waals surface area contributed by atoms with Crippen LogP contribution in [-0.4, -0.2) is 73.7 Å². The van der Waals surface area contributed by atoms with Gasteiger partial charge in [-0.05, 0) is 34.6 Å². The van der Waals surface area contributed by atoms with Crippen molar-refractivity contribution in [2.24, 2.45) is 0 Å². The van der Waals surface area contributed by atoms with E-state index in [1.165, 1.54) is 0 Å². The van der Waals surface area contributed by atoms with Gasteiger partial charge in [0.25, 0.3) is 10.0 Å². The molecule has 0 aliphatic heterocycles. The van der Waals surface area contributed by atoms with Crippen LogP contribution in [0.4, 0.5) is 39.5 Å². The molecule has 0 aliphatic carbocycles. The Hall–Kier alpha value is -2.30. The van der Waals surface area contributed by atoms with E-state index in [1.54, 1.807) is 6.92 Å². The Morgan fingerprint density at radius 3 is 1.47 bits per heavy atom. The quantitative estimate of drug-likeness (QED) is 0.228. The van der Waals surface area contributed by atoms with Gasteiger partial charge in [-0.3, -0.25) is 0 Å². The van der Waals surface area contributed by atoms with Crippen molar-refractivity contribution in [1.82, 2.24) is 4.31 Å². The largest absolute Gasteiger partial charge is 0.461 e. The highest BCUT2D eigenvalue weighted by molar-refractivity contribution is 7.90. The van der Waals surface area contributed by atoms with Crippen LogP contribution in [0, 0.1) is 0 Å². The van der Waals surface area contributed by atoms with Gasteiger partial charge >= 0.3 is 35.2 Å². The van der Waals surface area contributed by atoms with Gasteiger partial charge in [0.05, 0.1) is 0 Å². The second-order valence-corrected chi connectivity index (χ2v) is 10.3. The van der Waals surface area contributed by atoms with Crippen molar-refractivity contribution in [1.29, 1.82) is 0 Å². The zero-order valence-corrected chi connectivity index (χ0v) is 20.9. The summed E-state index contributed by atoms with van der Waals surface area (Å²) in [4.78, 5) is 21.8. The molecule has 17 heteroatoms. The number of esters is 2. The molecule has 0 aromatic carbocycles. The lowest BCUT2D eigenvalue weighted by molar-refractivity contribution is -0.382. The molecular formula is C19H26F9NO6S. The Morgan fingerprint density at radius 1 is 0.806 bits per heavy atom. The first-order chi connectivity index (χ1) is 15.6. The highest BCUT2D eigenvalue weighted by Crippen LogP contribution is 2.55. The number of hydrogen-bond donors (Lipinski definition) is 0. The smallest absolute Gasteiger partial charge is 0.460 e. The topological polar surface area (TPSA) is 90.0 Å². The minimum Gasteiger partial charge on any atom is -0.461 e. The molecule has 0 rings (SSSR count). The lowest BCUT2D eigenvalue weighted by Crippen LogP contribution is -2.65. The van der Waals surface area contributed by atoms with Gasteiger partial charge in [0.2, 0.25) is 0 Å². The average Bonchev–Trinajstić information content (AvgIpc) is 2.65. The van der Waals surface area contributed by atoms with Crippen LogP contribution >= 0.6 is 0 Å². The van der Waals surface area contributed by atoms with Gasteiger partial charge in [-0.1, -0.05) is 13.2 Å².